The molecule has 1 heterocycles. The molecule has 0 radical (unpaired) electrons. The Labute approximate surface area is 188 Å². The molecule has 0 unspecified atom stereocenters. The molecule has 1 amide bonds. The zero-order valence-electron chi connectivity index (χ0n) is 18.0. The van der Waals surface area contributed by atoms with Crippen molar-refractivity contribution in [1.82, 2.24) is 9.55 Å². The zero-order chi connectivity index (χ0) is 23.1. The van der Waals surface area contributed by atoms with E-state index in [-0.39, 0.29) is 36.1 Å². The fourth-order valence-electron chi connectivity index (χ4n) is 3.20. The van der Waals surface area contributed by atoms with Gasteiger partial charge in [-0.15, -0.1) is 0 Å². The number of benzene rings is 1. The summed E-state index contributed by atoms with van der Waals surface area (Å²) in [7, 11) is 0. The van der Waals surface area contributed by atoms with Gasteiger partial charge in [-0.3, -0.25) is 19.1 Å². The third-order valence-electron chi connectivity index (χ3n) is 4.67. The molecule has 0 aliphatic carbocycles. The summed E-state index contributed by atoms with van der Waals surface area (Å²) < 4.78 is 15.9. The van der Waals surface area contributed by atoms with Gasteiger partial charge in [0.15, 0.2) is 0 Å². The average Bonchev–Trinajstić information content (AvgIpc) is 2.67. The van der Waals surface area contributed by atoms with Crippen molar-refractivity contribution in [1.29, 1.82) is 0 Å². The Morgan fingerprint density at radius 1 is 1.35 bits per heavy atom. The highest BCUT2D eigenvalue weighted by Crippen LogP contribution is 2.21. The average molecular weight is 498 g/mol. The Morgan fingerprint density at radius 3 is 2.68 bits per heavy atom. The topological polar surface area (TPSA) is 113 Å². The van der Waals surface area contributed by atoms with E-state index in [1.165, 1.54) is 16.7 Å². The van der Waals surface area contributed by atoms with Gasteiger partial charge in [0.1, 0.15) is 17.3 Å². The number of unbranched alkanes of at least 4 members (excludes halogenated alkanes) is 1. The molecule has 0 saturated heterocycles. The molecule has 0 aliphatic heterocycles. The summed E-state index contributed by atoms with van der Waals surface area (Å²) in [6.07, 6.45) is 1.61. The van der Waals surface area contributed by atoms with E-state index < -0.39 is 23.0 Å². The maximum Gasteiger partial charge on any atom is 0.330 e. The molecule has 1 aromatic carbocycles. The third-order valence-corrected chi connectivity index (χ3v) is 5.16. The third kappa shape index (κ3) is 6.68. The number of hydrogen-bond donors (Lipinski definition) is 3. The number of nitrogen functional groups attached to an aromatic ring is 1. The quantitative estimate of drug-likeness (QED) is 0.465. The number of nitrogens with zero attached hydrogens (tertiary/aromatic N) is 2. The van der Waals surface area contributed by atoms with Gasteiger partial charge >= 0.3 is 5.69 Å². The smallest absolute Gasteiger partial charge is 0.330 e. The van der Waals surface area contributed by atoms with Gasteiger partial charge in [0.2, 0.25) is 5.91 Å². The van der Waals surface area contributed by atoms with E-state index >= 15 is 0 Å². The number of amides is 1. The van der Waals surface area contributed by atoms with E-state index in [4.69, 9.17) is 5.73 Å². The second-order valence-corrected chi connectivity index (χ2v) is 8.68. The summed E-state index contributed by atoms with van der Waals surface area (Å²) in [5.74, 6) is -0.696. The van der Waals surface area contributed by atoms with Crippen LogP contribution in [0.4, 0.5) is 21.6 Å². The van der Waals surface area contributed by atoms with Gasteiger partial charge in [0.25, 0.3) is 5.56 Å². The van der Waals surface area contributed by atoms with Crippen LogP contribution in [0, 0.1) is 11.7 Å². The van der Waals surface area contributed by atoms with Crippen LogP contribution < -0.4 is 27.2 Å². The number of hydrogen-bond acceptors (Lipinski definition) is 5. The fraction of sp³-hybridized carbons (Fsp3) is 0.476. The van der Waals surface area contributed by atoms with Crippen LogP contribution in [0.25, 0.3) is 0 Å². The first-order chi connectivity index (χ1) is 14.6. The van der Waals surface area contributed by atoms with Crippen molar-refractivity contribution in [2.24, 2.45) is 5.92 Å². The van der Waals surface area contributed by atoms with Gasteiger partial charge in [0, 0.05) is 30.5 Å². The molecule has 0 saturated carbocycles. The van der Waals surface area contributed by atoms with Crippen LogP contribution >= 0.6 is 15.9 Å². The molecule has 2 aromatic rings. The van der Waals surface area contributed by atoms with Crippen molar-refractivity contribution in [3.8, 4) is 0 Å². The van der Waals surface area contributed by atoms with Gasteiger partial charge in [-0.25, -0.2) is 9.18 Å². The number of carbonyl (C=O) groups excluding carboxylic acids is 1. The fourth-order valence-corrected chi connectivity index (χ4v) is 3.53. The number of anilines is 3. The molecule has 8 nitrogen and oxygen atoms in total. The van der Waals surface area contributed by atoms with Gasteiger partial charge in [-0.2, -0.15) is 0 Å². The Morgan fingerprint density at radius 2 is 2.06 bits per heavy atom. The van der Waals surface area contributed by atoms with Gasteiger partial charge in [-0.1, -0.05) is 43.1 Å². The summed E-state index contributed by atoms with van der Waals surface area (Å²) >= 11 is 3.17. The molecule has 4 N–H and O–H groups in total. The predicted molar refractivity (Wildman–Crippen MR) is 125 cm³/mol. The lowest BCUT2D eigenvalue weighted by Crippen LogP contribution is -2.40. The normalized spacial score (nSPS) is 11.0. The summed E-state index contributed by atoms with van der Waals surface area (Å²) in [5, 5.41) is 2.54. The second-order valence-electron chi connectivity index (χ2n) is 7.76. The monoisotopic (exact) mass is 497 g/mol. The molecule has 10 heteroatoms. The van der Waals surface area contributed by atoms with Crippen molar-refractivity contribution in [2.45, 2.75) is 46.6 Å². The van der Waals surface area contributed by atoms with E-state index in [0.717, 1.165) is 12.8 Å². The van der Waals surface area contributed by atoms with E-state index in [2.05, 4.69) is 26.2 Å². The van der Waals surface area contributed by atoms with E-state index in [1.54, 1.807) is 11.0 Å². The van der Waals surface area contributed by atoms with Crippen LogP contribution in [-0.2, 0) is 11.3 Å². The van der Waals surface area contributed by atoms with Crippen LogP contribution in [-0.4, -0.2) is 28.5 Å². The number of nitrogens with two attached hydrogens (primary N) is 1. The molecule has 0 atom stereocenters. The summed E-state index contributed by atoms with van der Waals surface area (Å²) in [6.45, 7) is 6.97. The molecule has 170 valence electrons. The van der Waals surface area contributed by atoms with Crippen LogP contribution in [0.15, 0.2) is 32.3 Å². The number of nitrogens with one attached hydrogen (secondary N) is 2. The minimum atomic E-state index is -0.588. The van der Waals surface area contributed by atoms with Crippen LogP contribution in [0.3, 0.4) is 0 Å². The Bertz CT molecular complexity index is 1030. The number of carbonyl (C=O) groups is 1. The van der Waals surface area contributed by atoms with Crippen molar-refractivity contribution in [3.63, 3.8) is 0 Å². The highest BCUT2D eigenvalue weighted by Gasteiger charge is 2.20. The second kappa shape index (κ2) is 11.1. The van der Waals surface area contributed by atoms with E-state index in [0.29, 0.717) is 17.6 Å². The highest BCUT2D eigenvalue weighted by molar-refractivity contribution is 9.10. The summed E-state index contributed by atoms with van der Waals surface area (Å²) in [4.78, 5) is 41.2. The molecule has 0 bridgehead atoms. The number of halogens is 2. The van der Waals surface area contributed by atoms with Crippen LogP contribution in [0.2, 0.25) is 0 Å². The first-order valence-electron chi connectivity index (χ1n) is 10.3. The number of aromatic nitrogens is 2. The molecule has 2 rings (SSSR count). The highest BCUT2D eigenvalue weighted by atomic mass is 79.9. The zero-order valence-corrected chi connectivity index (χ0v) is 19.6. The number of rotatable bonds is 10. The molecular formula is C21H29BrFN5O3. The summed E-state index contributed by atoms with van der Waals surface area (Å²) in [5.41, 5.74) is 5.33. The first-order valence-corrected chi connectivity index (χ1v) is 11.1. The lowest BCUT2D eigenvalue weighted by atomic mass is 10.2. The van der Waals surface area contributed by atoms with Crippen molar-refractivity contribution >= 4 is 39.0 Å². The molecule has 31 heavy (non-hydrogen) atoms. The Balaban J connectivity index is 2.25. The predicted octanol–water partition coefficient (Wildman–Crippen LogP) is 3.31. The SMILES string of the molecule is CCCCn1c(N)c(N(CCC(=O)Nc2ccc(Br)cc2F)CC(C)C)c(=O)[nH]c1=O. The standard InChI is InChI=1S/C21H29BrFN5O3/c1-4-5-9-28-19(24)18(20(30)26-21(28)31)27(12-13(2)3)10-8-17(29)25-16-7-6-14(22)11-15(16)23/h6-7,11,13H,4-5,8-10,12,24H2,1-3H3,(H,25,29)(H,26,30,31). The largest absolute Gasteiger partial charge is 0.383 e. The first kappa shape index (κ1) is 24.6. The lowest BCUT2D eigenvalue weighted by molar-refractivity contribution is -0.116. The van der Waals surface area contributed by atoms with Crippen molar-refractivity contribution in [2.75, 3.05) is 29.0 Å². The lowest BCUT2D eigenvalue weighted by Gasteiger charge is -2.27. The van der Waals surface area contributed by atoms with Crippen molar-refractivity contribution in [3.05, 3.63) is 49.3 Å². The minimum absolute atomic E-state index is 0.00912. The molecule has 0 spiro atoms. The number of aromatic amines is 1. The van der Waals surface area contributed by atoms with E-state index in [1.807, 2.05) is 20.8 Å². The van der Waals surface area contributed by atoms with Crippen LogP contribution in [0.5, 0.6) is 0 Å². The molecule has 1 aromatic heterocycles. The minimum Gasteiger partial charge on any atom is -0.383 e. The van der Waals surface area contributed by atoms with Crippen molar-refractivity contribution < 1.29 is 9.18 Å². The maximum atomic E-state index is 14.0. The van der Waals surface area contributed by atoms with Gasteiger partial charge in [0.05, 0.1) is 5.69 Å². The molecular weight excluding hydrogens is 469 g/mol. The Kier molecular flexibility index (Phi) is 8.85. The summed E-state index contributed by atoms with van der Waals surface area (Å²) in [6, 6.07) is 4.36. The van der Waals surface area contributed by atoms with E-state index in [9.17, 15) is 18.8 Å². The molecule has 0 aliphatic rings. The molecule has 0 fully saturated rings. The van der Waals surface area contributed by atoms with Gasteiger partial charge < -0.3 is 16.0 Å². The van der Waals surface area contributed by atoms with Gasteiger partial charge in [-0.05, 0) is 30.5 Å². The maximum absolute atomic E-state index is 14.0. The number of H-pyrrole nitrogens is 1. The van der Waals surface area contributed by atoms with Crippen LogP contribution in [0.1, 0.15) is 40.0 Å². The Hall–Kier alpha value is -2.62.